The first-order valence-corrected chi connectivity index (χ1v) is 10.5. The lowest BCUT2D eigenvalue weighted by atomic mass is 9.83. The maximum atomic E-state index is 13.6. The van der Waals surface area contributed by atoms with E-state index < -0.39 is 5.72 Å². The Kier molecular flexibility index (Phi) is 4.12. The van der Waals surface area contributed by atoms with E-state index in [2.05, 4.69) is 0 Å². The molecule has 154 valence electrons. The van der Waals surface area contributed by atoms with Crippen molar-refractivity contribution in [2.45, 2.75) is 5.72 Å². The van der Waals surface area contributed by atoms with Crippen LogP contribution in [0.15, 0.2) is 114 Å². The van der Waals surface area contributed by atoms with Crippen molar-refractivity contribution in [3.63, 3.8) is 0 Å². The van der Waals surface area contributed by atoms with Gasteiger partial charge in [0.25, 0.3) is 0 Å². The first-order valence-electron chi connectivity index (χ1n) is 10.5. The van der Waals surface area contributed by atoms with Crippen LogP contribution in [0.4, 0.5) is 11.4 Å². The molecule has 0 saturated heterocycles. The highest BCUT2D eigenvalue weighted by atomic mass is 16.5. The zero-order valence-corrected chi connectivity index (χ0v) is 17.1. The van der Waals surface area contributed by atoms with Crippen LogP contribution in [0.25, 0.3) is 11.1 Å². The van der Waals surface area contributed by atoms with E-state index in [1.54, 1.807) is 18.2 Å². The van der Waals surface area contributed by atoms with Crippen LogP contribution in [0.2, 0.25) is 0 Å². The number of allylic oxidation sites excluding steroid dienone is 1. The van der Waals surface area contributed by atoms with Gasteiger partial charge >= 0.3 is 0 Å². The fourth-order valence-electron chi connectivity index (χ4n) is 4.71. The number of hydrogen-bond acceptors (Lipinski definition) is 4. The molecule has 6 rings (SSSR count). The molecular formula is C28H19N2O2-. The number of aliphatic imine (C=N–C) groups is 1. The molecule has 2 aliphatic rings. The molecule has 2 heterocycles. The molecule has 0 amide bonds. The maximum absolute atomic E-state index is 13.6. The van der Waals surface area contributed by atoms with Crippen LogP contribution in [-0.2, 0) is 5.72 Å². The van der Waals surface area contributed by atoms with E-state index in [1.807, 2.05) is 91.0 Å². The van der Waals surface area contributed by atoms with Crippen molar-refractivity contribution in [2.75, 3.05) is 5.06 Å². The van der Waals surface area contributed by atoms with Crippen LogP contribution in [0.1, 0.15) is 22.3 Å². The normalized spacial score (nSPS) is 21.3. The average Bonchev–Trinajstić information content (AvgIpc) is 3.34. The number of hydroxylamine groups is 1. The number of para-hydroxylation sites is 2. The quantitative estimate of drug-likeness (QED) is 0.444. The van der Waals surface area contributed by atoms with Crippen molar-refractivity contribution in [1.29, 1.82) is 0 Å². The van der Waals surface area contributed by atoms with Gasteiger partial charge < -0.3 is 15.4 Å². The molecule has 0 aliphatic carbocycles. The summed E-state index contributed by atoms with van der Waals surface area (Å²) in [6.07, 6.45) is 0. The van der Waals surface area contributed by atoms with E-state index in [1.165, 1.54) is 0 Å². The Morgan fingerprint density at radius 2 is 1.28 bits per heavy atom. The summed E-state index contributed by atoms with van der Waals surface area (Å²) in [6.45, 7) is 0. The fraction of sp³-hybridized carbons (Fsp3) is 0.0357. The van der Waals surface area contributed by atoms with Crippen molar-refractivity contribution in [1.82, 2.24) is 0 Å². The van der Waals surface area contributed by atoms with Gasteiger partial charge in [-0.15, -0.1) is 0 Å². The van der Waals surface area contributed by atoms with Crippen LogP contribution < -0.4 is 5.06 Å². The number of hydrogen-bond donors (Lipinski definition) is 1. The smallest absolute Gasteiger partial charge is 0.182 e. The summed E-state index contributed by atoms with van der Waals surface area (Å²) < 4.78 is 0. The Bertz CT molecular complexity index is 1390. The third kappa shape index (κ3) is 2.54. The molecule has 0 bridgehead atoms. The molecule has 1 atom stereocenters. The number of benzene rings is 4. The molecule has 0 fully saturated rings. The fourth-order valence-corrected chi connectivity index (χ4v) is 4.71. The van der Waals surface area contributed by atoms with Crippen molar-refractivity contribution in [3.8, 4) is 0 Å². The molecule has 4 aromatic rings. The van der Waals surface area contributed by atoms with E-state index >= 15 is 0 Å². The van der Waals surface area contributed by atoms with Gasteiger partial charge in [-0.2, -0.15) is 0 Å². The highest BCUT2D eigenvalue weighted by Crippen LogP contribution is 2.55. The summed E-state index contributed by atoms with van der Waals surface area (Å²) in [7, 11) is 0. The highest BCUT2D eigenvalue weighted by molar-refractivity contribution is 6.41. The van der Waals surface area contributed by atoms with Gasteiger partial charge in [-0.25, -0.2) is 4.99 Å². The second kappa shape index (κ2) is 7.02. The molecule has 32 heavy (non-hydrogen) atoms. The van der Waals surface area contributed by atoms with E-state index in [9.17, 15) is 10.3 Å². The van der Waals surface area contributed by atoms with Crippen molar-refractivity contribution in [2.24, 2.45) is 4.99 Å². The van der Waals surface area contributed by atoms with Crippen LogP contribution >= 0.6 is 0 Å². The van der Waals surface area contributed by atoms with Crippen molar-refractivity contribution < 1.29 is 5.11 Å². The number of nitrogens with zero attached hydrogens (tertiary/aromatic N) is 2. The highest BCUT2D eigenvalue weighted by Gasteiger charge is 2.47. The third-order valence-corrected chi connectivity index (χ3v) is 6.15. The van der Waals surface area contributed by atoms with Crippen LogP contribution in [0, 0.1) is 5.21 Å². The van der Waals surface area contributed by atoms with E-state index in [4.69, 9.17) is 4.99 Å². The molecule has 1 unspecified atom stereocenters. The van der Waals surface area contributed by atoms with Gasteiger partial charge in [0.05, 0.1) is 11.4 Å². The minimum Gasteiger partial charge on any atom is -0.756 e. The minimum atomic E-state index is -1.88. The molecule has 4 aromatic carbocycles. The minimum absolute atomic E-state index is 0.443. The SMILES string of the molecule is [O-]N1c2ccccc2/C(=C2\C(c3ccccc3)=Nc3ccccc32)C1(O)c1ccccc1. The zero-order valence-electron chi connectivity index (χ0n) is 17.1. The van der Waals surface area contributed by atoms with Gasteiger partial charge in [-0.3, -0.25) is 0 Å². The molecule has 0 aromatic heterocycles. The van der Waals surface area contributed by atoms with E-state index in [0.29, 0.717) is 22.4 Å². The van der Waals surface area contributed by atoms with Gasteiger partial charge in [-0.1, -0.05) is 97.1 Å². The summed E-state index contributed by atoms with van der Waals surface area (Å²) in [5.41, 5.74) is 4.54. The Balaban J connectivity index is 1.74. The lowest BCUT2D eigenvalue weighted by molar-refractivity contribution is 0.112. The summed E-state index contributed by atoms with van der Waals surface area (Å²) in [4.78, 5) is 4.93. The van der Waals surface area contributed by atoms with Crippen LogP contribution in [0.3, 0.4) is 0 Å². The molecule has 2 aliphatic heterocycles. The predicted molar refractivity (Wildman–Crippen MR) is 129 cm³/mol. The summed E-state index contributed by atoms with van der Waals surface area (Å²) >= 11 is 0. The largest absolute Gasteiger partial charge is 0.756 e. The zero-order chi connectivity index (χ0) is 21.7. The Hall–Kier alpha value is -3.99. The van der Waals surface area contributed by atoms with Gasteiger partial charge in [0, 0.05) is 39.1 Å². The maximum Gasteiger partial charge on any atom is 0.182 e. The summed E-state index contributed by atoms with van der Waals surface area (Å²) in [5, 5.41) is 26.5. The third-order valence-electron chi connectivity index (χ3n) is 6.15. The second-order valence-corrected chi connectivity index (χ2v) is 7.94. The first-order chi connectivity index (χ1) is 15.7. The van der Waals surface area contributed by atoms with Crippen LogP contribution in [0.5, 0.6) is 0 Å². The summed E-state index contributed by atoms with van der Waals surface area (Å²) in [6, 6.07) is 34.3. The van der Waals surface area contributed by atoms with Crippen molar-refractivity contribution in [3.05, 3.63) is 137 Å². The number of aliphatic hydroxyl groups is 1. The average molecular weight is 415 g/mol. The number of fused-ring (bicyclic) bond motifs is 2. The van der Waals surface area contributed by atoms with E-state index in [-0.39, 0.29) is 0 Å². The standard InChI is InChI=1S/C28H19N2O2/c31-28(20-13-5-2-6-14-20)26(22-16-8-10-18-24(22)30(28)32)25-21-15-7-9-17-23(21)29-27(25)19-11-3-1-4-12-19/h1-18,31H/q-1/b26-25+. The van der Waals surface area contributed by atoms with E-state index in [0.717, 1.165) is 33.2 Å². The lowest BCUT2D eigenvalue weighted by Gasteiger charge is -2.42. The monoisotopic (exact) mass is 415 g/mol. The lowest BCUT2D eigenvalue weighted by Crippen LogP contribution is -2.40. The Morgan fingerprint density at radius 1 is 0.688 bits per heavy atom. The topological polar surface area (TPSA) is 58.9 Å². The predicted octanol–water partition coefficient (Wildman–Crippen LogP) is 5.89. The van der Waals surface area contributed by atoms with Crippen LogP contribution in [-0.4, -0.2) is 10.8 Å². The molecular weight excluding hydrogens is 396 g/mol. The van der Waals surface area contributed by atoms with Gasteiger partial charge in [0.1, 0.15) is 0 Å². The Morgan fingerprint density at radius 3 is 2.03 bits per heavy atom. The second-order valence-electron chi connectivity index (χ2n) is 7.94. The molecule has 1 N–H and O–H groups in total. The molecule has 0 spiro atoms. The van der Waals surface area contributed by atoms with Gasteiger partial charge in [0.2, 0.25) is 0 Å². The first kappa shape index (κ1) is 18.8. The van der Waals surface area contributed by atoms with Gasteiger partial charge in [0.15, 0.2) is 5.72 Å². The molecule has 4 nitrogen and oxygen atoms in total. The van der Waals surface area contributed by atoms with Gasteiger partial charge in [-0.05, 0) is 12.1 Å². The van der Waals surface area contributed by atoms with Crippen molar-refractivity contribution >= 4 is 28.2 Å². The molecule has 0 saturated carbocycles. The number of anilines is 1. The number of rotatable bonds is 2. The molecule has 0 radical (unpaired) electrons. The molecule has 4 heteroatoms. The Labute approximate surface area is 186 Å². The summed E-state index contributed by atoms with van der Waals surface area (Å²) in [5.74, 6) is 0.